The van der Waals surface area contributed by atoms with Gasteiger partial charge in [-0.1, -0.05) is 11.6 Å². The molecule has 6 heteroatoms. The van der Waals surface area contributed by atoms with Crippen LogP contribution in [0.25, 0.3) is 0 Å². The fourth-order valence-corrected chi connectivity index (χ4v) is 2.15. The SMILES string of the molecule is Cc1cc(Cl)ccc1NC(=O)CCCNC(=O)c1ccco1. The standard InChI is InChI=1S/C16H17ClN2O3/c1-11-10-12(17)6-7-13(11)19-15(20)5-2-8-18-16(21)14-4-3-9-22-14/h3-4,6-7,9-10H,2,5,8H2,1H3,(H,18,21)(H,19,20). The first-order chi connectivity index (χ1) is 10.6. The lowest BCUT2D eigenvalue weighted by Crippen LogP contribution is -2.25. The summed E-state index contributed by atoms with van der Waals surface area (Å²) in [5.74, 6) is -0.113. The Morgan fingerprint density at radius 1 is 1.27 bits per heavy atom. The minimum absolute atomic E-state index is 0.0994. The molecule has 116 valence electrons. The van der Waals surface area contributed by atoms with Crippen molar-refractivity contribution in [2.75, 3.05) is 11.9 Å². The lowest BCUT2D eigenvalue weighted by atomic mass is 10.2. The maximum atomic E-state index is 11.8. The molecule has 1 heterocycles. The molecular weight excluding hydrogens is 304 g/mol. The van der Waals surface area contributed by atoms with Crippen LogP contribution in [-0.4, -0.2) is 18.4 Å². The van der Waals surface area contributed by atoms with E-state index in [2.05, 4.69) is 10.6 Å². The molecule has 0 aliphatic heterocycles. The number of carbonyl (C=O) groups is 2. The molecule has 0 fully saturated rings. The second-order valence-electron chi connectivity index (χ2n) is 4.84. The number of halogens is 1. The summed E-state index contributed by atoms with van der Waals surface area (Å²) in [5, 5.41) is 6.15. The summed E-state index contributed by atoms with van der Waals surface area (Å²) in [4.78, 5) is 23.4. The Morgan fingerprint density at radius 2 is 2.09 bits per heavy atom. The van der Waals surface area contributed by atoms with Gasteiger partial charge in [0.25, 0.3) is 5.91 Å². The molecule has 0 unspecified atom stereocenters. The molecule has 5 nitrogen and oxygen atoms in total. The van der Waals surface area contributed by atoms with Gasteiger partial charge in [0.05, 0.1) is 6.26 Å². The summed E-state index contributed by atoms with van der Waals surface area (Å²) in [6.07, 6.45) is 2.31. The van der Waals surface area contributed by atoms with E-state index in [9.17, 15) is 9.59 Å². The highest BCUT2D eigenvalue weighted by Gasteiger charge is 2.08. The van der Waals surface area contributed by atoms with E-state index >= 15 is 0 Å². The van der Waals surface area contributed by atoms with Crippen LogP contribution in [0.1, 0.15) is 29.0 Å². The van der Waals surface area contributed by atoms with E-state index < -0.39 is 0 Å². The number of furan rings is 1. The van der Waals surface area contributed by atoms with Crippen molar-refractivity contribution < 1.29 is 14.0 Å². The van der Waals surface area contributed by atoms with Gasteiger partial charge in [-0.2, -0.15) is 0 Å². The van der Waals surface area contributed by atoms with Gasteiger partial charge in [-0.3, -0.25) is 9.59 Å². The molecule has 2 N–H and O–H groups in total. The number of benzene rings is 1. The Hall–Kier alpha value is -2.27. The van der Waals surface area contributed by atoms with Gasteiger partial charge in [0, 0.05) is 23.7 Å². The van der Waals surface area contributed by atoms with Crippen LogP contribution in [0.5, 0.6) is 0 Å². The number of rotatable bonds is 6. The fourth-order valence-electron chi connectivity index (χ4n) is 1.93. The van der Waals surface area contributed by atoms with Crippen LogP contribution in [0.2, 0.25) is 5.02 Å². The zero-order valence-corrected chi connectivity index (χ0v) is 12.9. The van der Waals surface area contributed by atoms with Crippen LogP contribution in [0.3, 0.4) is 0 Å². The molecule has 0 aliphatic carbocycles. The van der Waals surface area contributed by atoms with Gasteiger partial charge in [-0.05, 0) is 49.2 Å². The molecule has 0 saturated carbocycles. The van der Waals surface area contributed by atoms with E-state index in [1.54, 1.807) is 30.3 Å². The predicted molar refractivity (Wildman–Crippen MR) is 85.1 cm³/mol. The molecule has 2 amide bonds. The first-order valence-electron chi connectivity index (χ1n) is 6.94. The summed E-state index contributed by atoms with van der Waals surface area (Å²) in [6, 6.07) is 8.53. The normalized spacial score (nSPS) is 10.3. The first kappa shape index (κ1) is 16.1. The van der Waals surface area contributed by atoms with Crippen molar-refractivity contribution in [2.45, 2.75) is 19.8 Å². The fraction of sp³-hybridized carbons (Fsp3) is 0.250. The highest BCUT2D eigenvalue weighted by atomic mass is 35.5. The number of carbonyl (C=O) groups excluding carboxylic acids is 2. The van der Waals surface area contributed by atoms with Crippen LogP contribution >= 0.6 is 11.6 Å². The number of hydrogen-bond donors (Lipinski definition) is 2. The smallest absolute Gasteiger partial charge is 0.286 e. The summed E-state index contributed by atoms with van der Waals surface area (Å²) < 4.78 is 4.97. The molecule has 2 rings (SSSR count). The molecule has 22 heavy (non-hydrogen) atoms. The summed E-state index contributed by atoms with van der Waals surface area (Å²) >= 11 is 5.87. The quantitative estimate of drug-likeness (QED) is 0.801. The third-order valence-electron chi connectivity index (χ3n) is 3.07. The molecular formula is C16H17ClN2O3. The summed E-state index contributed by atoms with van der Waals surface area (Å²) in [7, 11) is 0. The third kappa shape index (κ3) is 4.63. The van der Waals surface area contributed by atoms with Crippen molar-refractivity contribution in [3.05, 3.63) is 52.9 Å². The van der Waals surface area contributed by atoms with Crippen LogP contribution < -0.4 is 10.6 Å². The van der Waals surface area contributed by atoms with Gasteiger partial charge in [0.15, 0.2) is 5.76 Å². The highest BCUT2D eigenvalue weighted by Crippen LogP contribution is 2.19. The Morgan fingerprint density at radius 3 is 2.77 bits per heavy atom. The Labute approximate surface area is 133 Å². The van der Waals surface area contributed by atoms with Crippen molar-refractivity contribution in [1.29, 1.82) is 0 Å². The zero-order chi connectivity index (χ0) is 15.9. The van der Waals surface area contributed by atoms with Gasteiger partial charge in [-0.15, -0.1) is 0 Å². The number of nitrogens with one attached hydrogen (secondary N) is 2. The van der Waals surface area contributed by atoms with E-state index in [1.807, 2.05) is 6.92 Å². The number of amides is 2. The second kappa shape index (κ2) is 7.66. The van der Waals surface area contributed by atoms with Gasteiger partial charge in [-0.25, -0.2) is 0 Å². The molecule has 0 radical (unpaired) electrons. The van der Waals surface area contributed by atoms with E-state index in [-0.39, 0.29) is 17.6 Å². The Bertz CT molecular complexity index is 653. The van der Waals surface area contributed by atoms with Crippen LogP contribution in [0, 0.1) is 6.92 Å². The molecule has 0 saturated heterocycles. The van der Waals surface area contributed by atoms with E-state index in [0.29, 0.717) is 24.4 Å². The minimum Gasteiger partial charge on any atom is -0.459 e. The van der Waals surface area contributed by atoms with E-state index in [1.165, 1.54) is 6.26 Å². The molecule has 0 bridgehead atoms. The molecule has 1 aromatic carbocycles. The lowest BCUT2D eigenvalue weighted by molar-refractivity contribution is -0.116. The van der Waals surface area contributed by atoms with Crippen LogP contribution in [0.4, 0.5) is 5.69 Å². The first-order valence-corrected chi connectivity index (χ1v) is 7.32. The molecule has 1 aromatic heterocycles. The average Bonchev–Trinajstić information content (AvgIpc) is 3.01. The maximum absolute atomic E-state index is 11.8. The summed E-state index contributed by atoms with van der Waals surface area (Å²) in [5.41, 5.74) is 1.65. The molecule has 0 aliphatic rings. The van der Waals surface area contributed by atoms with Crippen LogP contribution in [0.15, 0.2) is 41.0 Å². The number of hydrogen-bond acceptors (Lipinski definition) is 3. The molecule has 0 atom stereocenters. The van der Waals surface area contributed by atoms with Crippen molar-refractivity contribution >= 4 is 29.1 Å². The van der Waals surface area contributed by atoms with Gasteiger partial charge in [0.1, 0.15) is 0 Å². The van der Waals surface area contributed by atoms with Gasteiger partial charge in [0.2, 0.25) is 5.91 Å². The van der Waals surface area contributed by atoms with Crippen LogP contribution in [-0.2, 0) is 4.79 Å². The number of aryl methyl sites for hydroxylation is 1. The van der Waals surface area contributed by atoms with Crippen molar-refractivity contribution in [3.8, 4) is 0 Å². The lowest BCUT2D eigenvalue weighted by Gasteiger charge is -2.09. The average molecular weight is 321 g/mol. The Balaban J connectivity index is 1.71. The summed E-state index contributed by atoms with van der Waals surface area (Å²) in [6.45, 7) is 2.29. The zero-order valence-electron chi connectivity index (χ0n) is 12.2. The highest BCUT2D eigenvalue weighted by molar-refractivity contribution is 6.30. The topological polar surface area (TPSA) is 71.3 Å². The van der Waals surface area contributed by atoms with E-state index in [4.69, 9.17) is 16.0 Å². The van der Waals surface area contributed by atoms with Gasteiger partial charge < -0.3 is 15.1 Å². The second-order valence-corrected chi connectivity index (χ2v) is 5.28. The predicted octanol–water partition coefficient (Wildman–Crippen LogP) is 3.39. The number of anilines is 1. The monoisotopic (exact) mass is 320 g/mol. The van der Waals surface area contributed by atoms with Crippen molar-refractivity contribution in [2.24, 2.45) is 0 Å². The van der Waals surface area contributed by atoms with Gasteiger partial charge >= 0.3 is 0 Å². The minimum atomic E-state index is -0.279. The Kier molecular flexibility index (Phi) is 5.61. The van der Waals surface area contributed by atoms with Crippen molar-refractivity contribution in [3.63, 3.8) is 0 Å². The molecule has 2 aromatic rings. The maximum Gasteiger partial charge on any atom is 0.286 e. The van der Waals surface area contributed by atoms with E-state index in [0.717, 1.165) is 11.3 Å². The largest absolute Gasteiger partial charge is 0.459 e. The van der Waals surface area contributed by atoms with Crippen molar-refractivity contribution in [1.82, 2.24) is 5.32 Å². The third-order valence-corrected chi connectivity index (χ3v) is 3.31. The molecule has 0 spiro atoms.